The molecule has 9 heteroatoms. The van der Waals surface area contributed by atoms with E-state index in [1.165, 1.54) is 17.0 Å². The van der Waals surface area contributed by atoms with Gasteiger partial charge in [0, 0.05) is 26.8 Å². The topological polar surface area (TPSA) is 88.2 Å². The van der Waals surface area contributed by atoms with E-state index in [4.69, 9.17) is 13.6 Å². The largest absolute Gasteiger partial charge is 0.497 e. The summed E-state index contributed by atoms with van der Waals surface area (Å²) in [6.45, 7) is 7.03. The fourth-order valence-electron chi connectivity index (χ4n) is 4.21. The number of fused-ring (bicyclic) bond motifs is 1. The summed E-state index contributed by atoms with van der Waals surface area (Å²) >= 11 is 0. The molecule has 0 spiro atoms. The normalized spacial score (nSPS) is 21.7. The zero-order chi connectivity index (χ0) is 27.0. The molecule has 0 radical (unpaired) electrons. The van der Waals surface area contributed by atoms with Crippen molar-refractivity contribution in [1.82, 2.24) is 15.1 Å². The fourth-order valence-corrected chi connectivity index (χ4v) is 4.97. The van der Waals surface area contributed by atoms with Crippen LogP contribution in [0.3, 0.4) is 0 Å². The summed E-state index contributed by atoms with van der Waals surface area (Å²) in [6, 6.07) is 13.7. The molecule has 4 rings (SSSR count). The Hall–Kier alpha value is -3.17. The highest BCUT2D eigenvalue weighted by molar-refractivity contribution is 6.76. The Morgan fingerprint density at radius 2 is 1.88 bits per heavy atom. The summed E-state index contributed by atoms with van der Waals surface area (Å²) in [4.78, 5) is 42.6. The summed E-state index contributed by atoms with van der Waals surface area (Å²) in [7, 11) is -3.99. The van der Waals surface area contributed by atoms with Gasteiger partial charge in [-0.05, 0) is 29.3 Å². The van der Waals surface area contributed by atoms with E-state index in [0.29, 0.717) is 23.3 Å². The number of amides is 4. The van der Waals surface area contributed by atoms with Crippen LogP contribution in [0.25, 0.3) is 0 Å². The monoisotopic (exact) mass is 484 g/mol. The van der Waals surface area contributed by atoms with Crippen molar-refractivity contribution in [2.45, 2.75) is 37.8 Å². The quantitative estimate of drug-likeness (QED) is 0.335. The number of rotatable bonds is 9. The van der Waals surface area contributed by atoms with Crippen LogP contribution in [0.1, 0.15) is 25.6 Å². The highest BCUT2D eigenvalue weighted by atomic mass is 28.3. The molecule has 2 aromatic carbocycles. The van der Waals surface area contributed by atoms with Gasteiger partial charge < -0.3 is 19.7 Å². The Kier molecular flexibility index (Phi) is 5.49. The first-order chi connectivity index (χ1) is 17.3. The van der Waals surface area contributed by atoms with Crippen LogP contribution < -0.4 is 10.1 Å². The molecule has 2 heterocycles. The average Bonchev–Trinajstić information content (AvgIpc) is 3.24. The van der Waals surface area contributed by atoms with E-state index in [1.807, 2.05) is 0 Å². The number of nitrogens with one attached hydrogen (secondary N) is 1. The third-order valence-corrected chi connectivity index (χ3v) is 7.87. The van der Waals surface area contributed by atoms with E-state index >= 15 is 0 Å². The second kappa shape index (κ2) is 9.23. The number of methoxy groups -OCH3 is 1. The van der Waals surface area contributed by atoms with E-state index in [1.54, 1.807) is 36.4 Å². The van der Waals surface area contributed by atoms with Gasteiger partial charge in [-0.3, -0.25) is 9.59 Å². The molecule has 0 saturated carbocycles. The van der Waals surface area contributed by atoms with Gasteiger partial charge in [0.1, 0.15) is 12.5 Å². The Morgan fingerprint density at radius 1 is 1.12 bits per heavy atom. The van der Waals surface area contributed by atoms with Gasteiger partial charge in [-0.15, -0.1) is 0 Å². The highest BCUT2D eigenvalue weighted by Gasteiger charge is 2.54. The third-order valence-electron chi connectivity index (χ3n) is 6.17. The molecule has 1 fully saturated rings. The molecule has 2 aromatic rings. The van der Waals surface area contributed by atoms with Gasteiger partial charge >= 0.3 is 6.03 Å². The number of ether oxygens (including phenoxy) is 2. The molecular formula is C25H31N3O5Si. The maximum absolute atomic E-state index is 13.8. The summed E-state index contributed by atoms with van der Waals surface area (Å²) in [5, 5.41) is 2.83. The van der Waals surface area contributed by atoms with Crippen LogP contribution in [0, 0.1) is 0 Å². The summed E-state index contributed by atoms with van der Waals surface area (Å²) in [6.07, 6.45) is 0. The SMILES string of the molecule is [2H]C([2H])([2H])Oc1ccc2c(c1)C(=O)N(C[C@@]1(c3ccccc3)NC(=O)N(COCC[Si](C)(C)C)C1=O)C2. The van der Waals surface area contributed by atoms with E-state index in [2.05, 4.69) is 25.0 Å². The van der Waals surface area contributed by atoms with Gasteiger partial charge in [-0.2, -0.15) is 0 Å². The first kappa shape index (κ1) is 20.2. The van der Waals surface area contributed by atoms with Crippen molar-refractivity contribution in [2.75, 3.05) is 26.9 Å². The predicted octanol–water partition coefficient (Wildman–Crippen LogP) is 3.41. The van der Waals surface area contributed by atoms with Crippen LogP contribution in [0.5, 0.6) is 5.75 Å². The Morgan fingerprint density at radius 3 is 2.59 bits per heavy atom. The van der Waals surface area contributed by atoms with Crippen molar-refractivity contribution in [1.29, 1.82) is 0 Å². The second-order valence-corrected chi connectivity index (χ2v) is 15.5. The van der Waals surface area contributed by atoms with Gasteiger partial charge in [-0.1, -0.05) is 56.0 Å². The number of imide groups is 1. The van der Waals surface area contributed by atoms with Crippen molar-refractivity contribution < 1.29 is 28.0 Å². The zero-order valence-corrected chi connectivity index (χ0v) is 20.6. The second-order valence-electron chi connectivity index (χ2n) is 9.86. The molecule has 0 bridgehead atoms. The molecule has 1 atom stereocenters. The fraction of sp³-hybridized carbons (Fsp3) is 0.400. The highest BCUT2D eigenvalue weighted by Crippen LogP contribution is 2.34. The zero-order valence-electron chi connectivity index (χ0n) is 22.6. The van der Waals surface area contributed by atoms with Crippen molar-refractivity contribution in [3.63, 3.8) is 0 Å². The minimum atomic E-state index is -2.64. The molecule has 8 nitrogen and oxygen atoms in total. The van der Waals surface area contributed by atoms with Gasteiger partial charge in [0.25, 0.3) is 11.8 Å². The van der Waals surface area contributed by atoms with Crippen LogP contribution in [0.2, 0.25) is 25.7 Å². The van der Waals surface area contributed by atoms with E-state index in [-0.39, 0.29) is 31.5 Å². The number of hydrogen-bond donors (Lipinski definition) is 1. The van der Waals surface area contributed by atoms with Crippen LogP contribution in [0.15, 0.2) is 48.5 Å². The molecule has 2 aliphatic heterocycles. The minimum Gasteiger partial charge on any atom is -0.497 e. The lowest BCUT2D eigenvalue weighted by Crippen LogP contribution is -2.52. The number of urea groups is 1. The van der Waals surface area contributed by atoms with E-state index < -0.39 is 32.6 Å². The Bertz CT molecular complexity index is 1200. The third kappa shape index (κ3) is 4.58. The maximum Gasteiger partial charge on any atom is 0.327 e. The predicted molar refractivity (Wildman–Crippen MR) is 130 cm³/mol. The maximum atomic E-state index is 13.8. The molecule has 0 aliphatic carbocycles. The molecule has 1 saturated heterocycles. The molecule has 34 heavy (non-hydrogen) atoms. The molecule has 180 valence electrons. The first-order valence-corrected chi connectivity index (χ1v) is 14.9. The number of hydrogen-bond acceptors (Lipinski definition) is 5. The van der Waals surface area contributed by atoms with Gasteiger partial charge in [-0.25, -0.2) is 9.69 Å². The minimum absolute atomic E-state index is 0.0543. The first-order valence-electron chi connectivity index (χ1n) is 12.7. The molecule has 4 amide bonds. The van der Waals surface area contributed by atoms with Crippen LogP contribution in [-0.4, -0.2) is 62.6 Å². The van der Waals surface area contributed by atoms with Crippen molar-refractivity contribution >= 4 is 25.9 Å². The Labute approximate surface area is 205 Å². The van der Waals surface area contributed by atoms with E-state index in [9.17, 15) is 14.4 Å². The lowest BCUT2D eigenvalue weighted by molar-refractivity contribution is -0.135. The standard InChI is InChI=1S/C25H31N3O5Si/c1-32-20-11-10-18-15-27(22(29)21(18)14-20)16-25(19-8-6-5-7-9-19)23(30)28(24(31)26-25)17-33-12-13-34(2,3)4/h5-11,14H,12-13,15-17H2,1-4H3,(H,26,31)/t25-/m0/s1/i1D3. The molecule has 1 N–H and O–H groups in total. The number of carbonyl (C=O) groups is 3. The Balaban J connectivity index is 1.57. The molecular weight excluding hydrogens is 450 g/mol. The number of nitrogens with zero attached hydrogens (tertiary/aromatic N) is 2. The van der Waals surface area contributed by atoms with Crippen LogP contribution in [0.4, 0.5) is 4.79 Å². The average molecular weight is 485 g/mol. The number of carbonyl (C=O) groups excluding carboxylic acids is 3. The van der Waals surface area contributed by atoms with Gasteiger partial charge in [0.15, 0.2) is 5.54 Å². The van der Waals surface area contributed by atoms with Crippen molar-refractivity contribution in [2.24, 2.45) is 0 Å². The molecule has 0 aromatic heterocycles. The summed E-state index contributed by atoms with van der Waals surface area (Å²) < 4.78 is 32.5. The van der Waals surface area contributed by atoms with Crippen LogP contribution in [-0.2, 0) is 21.6 Å². The van der Waals surface area contributed by atoms with Crippen molar-refractivity contribution in [3.8, 4) is 5.75 Å². The molecule has 0 unspecified atom stereocenters. The van der Waals surface area contributed by atoms with E-state index in [0.717, 1.165) is 10.9 Å². The summed E-state index contributed by atoms with van der Waals surface area (Å²) in [5.41, 5.74) is 0.0340. The molecule has 2 aliphatic rings. The smallest absolute Gasteiger partial charge is 0.327 e. The van der Waals surface area contributed by atoms with Crippen LogP contribution >= 0.6 is 0 Å². The lowest BCUT2D eigenvalue weighted by Gasteiger charge is -2.31. The van der Waals surface area contributed by atoms with Gasteiger partial charge in [0.05, 0.1) is 17.7 Å². The lowest BCUT2D eigenvalue weighted by atomic mass is 9.89. The van der Waals surface area contributed by atoms with Gasteiger partial charge in [0.2, 0.25) is 0 Å². The summed E-state index contributed by atoms with van der Waals surface area (Å²) in [5.74, 6) is -0.821. The van der Waals surface area contributed by atoms with Crippen molar-refractivity contribution in [3.05, 3.63) is 65.2 Å². The number of benzene rings is 2.